The molecule has 3 aromatic rings. The number of benzene rings is 1. The third-order valence-electron chi connectivity index (χ3n) is 4.66. The van der Waals surface area contributed by atoms with Crippen molar-refractivity contribution < 1.29 is 9.84 Å². The van der Waals surface area contributed by atoms with Crippen LogP contribution in [0.3, 0.4) is 0 Å². The first-order valence-electron chi connectivity index (χ1n) is 8.73. The number of rotatable bonds is 5. The maximum Gasteiger partial charge on any atom is 0.142 e. The fourth-order valence-corrected chi connectivity index (χ4v) is 4.29. The van der Waals surface area contributed by atoms with Crippen LogP contribution in [-0.2, 0) is 6.54 Å². The van der Waals surface area contributed by atoms with E-state index in [2.05, 4.69) is 20.7 Å². The summed E-state index contributed by atoms with van der Waals surface area (Å²) in [6, 6.07) is 5.63. The van der Waals surface area contributed by atoms with Crippen molar-refractivity contribution >= 4 is 38.8 Å². The monoisotopic (exact) mass is 389 g/mol. The topological polar surface area (TPSA) is 67.3 Å². The van der Waals surface area contributed by atoms with Crippen molar-refractivity contribution in [3.63, 3.8) is 0 Å². The third kappa shape index (κ3) is 3.92. The molecule has 7 heteroatoms. The molecule has 0 atom stereocenters. The van der Waals surface area contributed by atoms with Gasteiger partial charge in [-0.05, 0) is 49.3 Å². The first-order chi connectivity index (χ1) is 12.7. The predicted octanol–water partition coefficient (Wildman–Crippen LogP) is 4.64. The van der Waals surface area contributed by atoms with Crippen LogP contribution in [0, 0.1) is 0 Å². The molecule has 2 aromatic heterocycles. The maximum atomic E-state index is 9.67. The summed E-state index contributed by atoms with van der Waals surface area (Å²) in [4.78, 5) is 8.44. The van der Waals surface area contributed by atoms with Crippen molar-refractivity contribution in [2.45, 2.75) is 44.4 Å². The van der Waals surface area contributed by atoms with E-state index in [0.717, 1.165) is 52.9 Å². The highest BCUT2D eigenvalue weighted by molar-refractivity contribution is 7.17. The van der Waals surface area contributed by atoms with Crippen LogP contribution in [0.1, 0.15) is 31.2 Å². The molecule has 0 amide bonds. The quantitative estimate of drug-likeness (QED) is 0.665. The summed E-state index contributed by atoms with van der Waals surface area (Å²) in [6.45, 7) is 0.636. The summed E-state index contributed by atoms with van der Waals surface area (Å²) in [5.41, 5.74) is 2.97. The molecule has 2 heterocycles. The summed E-state index contributed by atoms with van der Waals surface area (Å²) < 4.78 is 7.27. The molecule has 0 aliphatic heterocycles. The van der Waals surface area contributed by atoms with Gasteiger partial charge in [0.25, 0.3) is 0 Å². The number of hydrogen-bond acceptors (Lipinski definition) is 6. The summed E-state index contributed by atoms with van der Waals surface area (Å²) in [5.74, 6) is 0.796. The molecule has 0 spiro atoms. The van der Waals surface area contributed by atoms with Gasteiger partial charge >= 0.3 is 0 Å². The molecule has 0 radical (unpaired) electrons. The zero-order chi connectivity index (χ0) is 17.9. The van der Waals surface area contributed by atoms with Gasteiger partial charge in [-0.25, -0.2) is 9.97 Å². The average molecular weight is 390 g/mol. The van der Waals surface area contributed by atoms with Gasteiger partial charge in [-0.1, -0.05) is 11.6 Å². The second kappa shape index (κ2) is 7.78. The summed E-state index contributed by atoms with van der Waals surface area (Å²) in [6.07, 6.45) is 6.68. The lowest BCUT2D eigenvalue weighted by atomic mass is 9.95. The van der Waals surface area contributed by atoms with E-state index >= 15 is 0 Å². The van der Waals surface area contributed by atoms with E-state index in [1.807, 2.05) is 24.4 Å². The SMILES string of the molecule is O[C@H]1CC[C@@H](Oc2ccc(Cl)cc2NCc2csc3cncnc23)CC1. The Bertz CT molecular complexity index is 893. The Morgan fingerprint density at radius 3 is 2.96 bits per heavy atom. The van der Waals surface area contributed by atoms with Crippen LogP contribution in [0.15, 0.2) is 36.1 Å². The van der Waals surface area contributed by atoms with Crippen LogP contribution in [0.5, 0.6) is 5.75 Å². The Labute approximate surface area is 161 Å². The molecular formula is C19H20ClN3O2S. The van der Waals surface area contributed by atoms with E-state index in [0.29, 0.717) is 11.6 Å². The Balaban J connectivity index is 1.49. The van der Waals surface area contributed by atoms with Crippen LogP contribution < -0.4 is 10.1 Å². The van der Waals surface area contributed by atoms with Crippen molar-refractivity contribution in [2.24, 2.45) is 0 Å². The van der Waals surface area contributed by atoms with Gasteiger partial charge in [-0.3, -0.25) is 0 Å². The normalized spacial score (nSPS) is 20.2. The Morgan fingerprint density at radius 1 is 1.27 bits per heavy atom. The minimum absolute atomic E-state index is 0.134. The second-order valence-electron chi connectivity index (χ2n) is 6.54. The lowest BCUT2D eigenvalue weighted by Gasteiger charge is -2.27. The lowest BCUT2D eigenvalue weighted by molar-refractivity contribution is 0.0669. The minimum atomic E-state index is -0.188. The molecule has 0 unspecified atom stereocenters. The van der Waals surface area contributed by atoms with Crippen molar-refractivity contribution in [2.75, 3.05) is 5.32 Å². The van der Waals surface area contributed by atoms with E-state index < -0.39 is 0 Å². The fourth-order valence-electron chi connectivity index (χ4n) is 3.24. The first-order valence-corrected chi connectivity index (χ1v) is 9.99. The van der Waals surface area contributed by atoms with Gasteiger partial charge in [0.1, 0.15) is 12.1 Å². The summed E-state index contributed by atoms with van der Waals surface area (Å²) >= 11 is 7.83. The Morgan fingerprint density at radius 2 is 2.12 bits per heavy atom. The van der Waals surface area contributed by atoms with Crippen molar-refractivity contribution in [1.82, 2.24) is 9.97 Å². The number of nitrogens with one attached hydrogen (secondary N) is 1. The number of ether oxygens (including phenoxy) is 1. The van der Waals surface area contributed by atoms with Crippen molar-refractivity contribution in [1.29, 1.82) is 0 Å². The van der Waals surface area contributed by atoms with E-state index in [-0.39, 0.29) is 12.2 Å². The van der Waals surface area contributed by atoms with Crippen LogP contribution >= 0.6 is 22.9 Å². The van der Waals surface area contributed by atoms with Crippen LogP contribution in [0.25, 0.3) is 10.2 Å². The fraction of sp³-hybridized carbons (Fsp3) is 0.368. The van der Waals surface area contributed by atoms with Gasteiger partial charge in [0, 0.05) is 23.3 Å². The molecular weight excluding hydrogens is 370 g/mol. The zero-order valence-electron chi connectivity index (χ0n) is 14.2. The van der Waals surface area contributed by atoms with E-state index in [4.69, 9.17) is 16.3 Å². The number of hydrogen-bond donors (Lipinski definition) is 2. The predicted molar refractivity (Wildman–Crippen MR) is 105 cm³/mol. The number of aliphatic hydroxyl groups excluding tert-OH is 1. The highest BCUT2D eigenvalue weighted by Crippen LogP contribution is 2.33. The highest BCUT2D eigenvalue weighted by Gasteiger charge is 2.21. The maximum absolute atomic E-state index is 9.67. The molecule has 1 saturated carbocycles. The van der Waals surface area contributed by atoms with Crippen LogP contribution in [0.2, 0.25) is 5.02 Å². The molecule has 1 aromatic carbocycles. The standard InChI is InChI=1S/C19H20ClN3O2S/c20-13-1-6-17(25-15-4-2-14(24)3-5-15)16(7-13)22-8-12-10-26-18-9-21-11-23-19(12)18/h1,6-7,9-11,14-15,22,24H,2-5,8H2/t14-,15+. The first kappa shape index (κ1) is 17.5. The molecule has 1 aliphatic carbocycles. The number of thiophene rings is 1. The molecule has 0 bridgehead atoms. The van der Waals surface area contributed by atoms with Gasteiger partial charge in [0.2, 0.25) is 0 Å². The number of anilines is 1. The van der Waals surface area contributed by atoms with Crippen LogP contribution in [0.4, 0.5) is 5.69 Å². The molecule has 1 fully saturated rings. The van der Waals surface area contributed by atoms with Crippen molar-refractivity contribution in [3.05, 3.63) is 46.7 Å². The minimum Gasteiger partial charge on any atom is -0.488 e. The number of nitrogens with zero attached hydrogens (tertiary/aromatic N) is 2. The summed E-state index contributed by atoms with van der Waals surface area (Å²) in [5, 5.41) is 15.9. The zero-order valence-corrected chi connectivity index (χ0v) is 15.8. The molecule has 2 N–H and O–H groups in total. The molecule has 136 valence electrons. The van der Waals surface area contributed by atoms with Gasteiger partial charge in [-0.15, -0.1) is 11.3 Å². The van der Waals surface area contributed by atoms with Gasteiger partial charge in [0.15, 0.2) is 0 Å². The van der Waals surface area contributed by atoms with Gasteiger partial charge < -0.3 is 15.2 Å². The number of halogens is 1. The number of fused-ring (bicyclic) bond motifs is 1. The Hall–Kier alpha value is -1.89. The molecule has 0 saturated heterocycles. The van der Waals surface area contributed by atoms with Gasteiger partial charge in [-0.2, -0.15) is 0 Å². The highest BCUT2D eigenvalue weighted by atomic mass is 35.5. The smallest absolute Gasteiger partial charge is 0.142 e. The number of aliphatic hydroxyl groups is 1. The third-order valence-corrected chi connectivity index (χ3v) is 5.85. The molecule has 26 heavy (non-hydrogen) atoms. The van der Waals surface area contributed by atoms with E-state index in [1.165, 1.54) is 0 Å². The van der Waals surface area contributed by atoms with E-state index in [9.17, 15) is 5.11 Å². The van der Waals surface area contributed by atoms with Crippen molar-refractivity contribution in [3.8, 4) is 5.75 Å². The summed E-state index contributed by atoms with van der Waals surface area (Å²) in [7, 11) is 0. The largest absolute Gasteiger partial charge is 0.488 e. The number of aromatic nitrogens is 2. The average Bonchev–Trinajstić information content (AvgIpc) is 3.07. The lowest BCUT2D eigenvalue weighted by Crippen LogP contribution is -2.26. The van der Waals surface area contributed by atoms with Gasteiger partial charge in [0.05, 0.1) is 28.1 Å². The molecule has 1 aliphatic rings. The molecule has 4 rings (SSSR count). The van der Waals surface area contributed by atoms with E-state index in [1.54, 1.807) is 17.7 Å². The van der Waals surface area contributed by atoms with Crippen LogP contribution in [-0.4, -0.2) is 27.3 Å². The second-order valence-corrected chi connectivity index (χ2v) is 7.89. The molecule has 5 nitrogen and oxygen atoms in total. The Kier molecular flexibility index (Phi) is 5.24.